The number of nitrogens with one attached hydrogen (secondary N) is 1. The van der Waals surface area contributed by atoms with Crippen molar-refractivity contribution in [2.75, 3.05) is 5.75 Å². The van der Waals surface area contributed by atoms with Crippen LogP contribution in [0.5, 0.6) is 0 Å². The second-order valence-electron chi connectivity index (χ2n) is 3.69. The molecule has 0 aromatic heterocycles. The lowest BCUT2D eigenvalue weighted by Gasteiger charge is -2.12. The van der Waals surface area contributed by atoms with Gasteiger partial charge in [0.05, 0.1) is 5.37 Å². The number of benzene rings is 1. The molecular formula is C11H13ClFNS. The molecule has 1 aromatic carbocycles. The van der Waals surface area contributed by atoms with Crippen LogP contribution in [0.15, 0.2) is 18.2 Å². The molecular weight excluding hydrogens is 233 g/mol. The zero-order chi connectivity index (χ0) is 10.8. The predicted octanol–water partition coefficient (Wildman–Crippen LogP) is 3.59. The van der Waals surface area contributed by atoms with E-state index >= 15 is 0 Å². The van der Waals surface area contributed by atoms with Gasteiger partial charge < -0.3 is 0 Å². The van der Waals surface area contributed by atoms with Crippen molar-refractivity contribution in [2.45, 2.75) is 24.8 Å². The van der Waals surface area contributed by atoms with Gasteiger partial charge in [0.15, 0.2) is 0 Å². The zero-order valence-electron chi connectivity index (χ0n) is 8.47. The van der Waals surface area contributed by atoms with Gasteiger partial charge in [-0.2, -0.15) is 0 Å². The van der Waals surface area contributed by atoms with Gasteiger partial charge in [0.2, 0.25) is 0 Å². The third kappa shape index (κ3) is 2.65. The number of hydrogen-bond acceptors (Lipinski definition) is 2. The Hall–Kier alpha value is -0.250. The maximum atomic E-state index is 13.1. The van der Waals surface area contributed by atoms with Crippen molar-refractivity contribution >= 4 is 23.4 Å². The third-order valence-electron chi connectivity index (χ3n) is 2.53. The first kappa shape index (κ1) is 11.2. The molecule has 15 heavy (non-hydrogen) atoms. The summed E-state index contributed by atoms with van der Waals surface area (Å²) in [4.78, 5) is 0. The summed E-state index contributed by atoms with van der Waals surface area (Å²) in [7, 11) is 0. The first-order valence-corrected chi connectivity index (χ1v) is 6.45. The van der Waals surface area contributed by atoms with Crippen LogP contribution < -0.4 is 5.32 Å². The fourth-order valence-corrected chi connectivity index (χ4v) is 3.28. The van der Waals surface area contributed by atoms with Crippen molar-refractivity contribution in [3.63, 3.8) is 0 Å². The minimum Gasteiger partial charge on any atom is -0.298 e. The van der Waals surface area contributed by atoms with E-state index in [1.165, 1.54) is 6.07 Å². The van der Waals surface area contributed by atoms with Crippen molar-refractivity contribution < 1.29 is 4.39 Å². The van der Waals surface area contributed by atoms with Crippen molar-refractivity contribution in [2.24, 2.45) is 0 Å². The number of rotatable bonds is 2. The first-order valence-electron chi connectivity index (χ1n) is 5.02. The van der Waals surface area contributed by atoms with Gasteiger partial charge in [0, 0.05) is 16.8 Å². The van der Waals surface area contributed by atoms with Crippen LogP contribution in [0.2, 0.25) is 5.02 Å². The Morgan fingerprint density at radius 3 is 2.93 bits per heavy atom. The van der Waals surface area contributed by atoms with Gasteiger partial charge in [-0.1, -0.05) is 18.5 Å². The molecule has 2 rings (SSSR count). The molecule has 0 radical (unpaired) electrons. The quantitative estimate of drug-likeness (QED) is 0.855. The zero-order valence-corrected chi connectivity index (χ0v) is 10.0. The number of halogens is 2. The molecule has 1 fully saturated rings. The molecule has 2 unspecified atom stereocenters. The molecule has 0 spiro atoms. The summed E-state index contributed by atoms with van der Waals surface area (Å²) >= 11 is 7.63. The van der Waals surface area contributed by atoms with Crippen LogP contribution in [0.25, 0.3) is 0 Å². The summed E-state index contributed by atoms with van der Waals surface area (Å²) < 4.78 is 13.1. The molecule has 1 aromatic rings. The second kappa shape index (κ2) is 4.73. The maximum Gasteiger partial charge on any atom is 0.125 e. The van der Waals surface area contributed by atoms with Crippen LogP contribution in [0, 0.1) is 5.82 Å². The van der Waals surface area contributed by atoms with E-state index in [0.29, 0.717) is 11.1 Å². The fraction of sp³-hybridized carbons (Fsp3) is 0.455. The van der Waals surface area contributed by atoms with Crippen molar-refractivity contribution in [1.29, 1.82) is 0 Å². The molecule has 1 N–H and O–H groups in total. The molecule has 0 bridgehead atoms. The Morgan fingerprint density at radius 2 is 2.33 bits per heavy atom. The second-order valence-corrected chi connectivity index (χ2v) is 5.26. The normalized spacial score (nSPS) is 25.8. The summed E-state index contributed by atoms with van der Waals surface area (Å²) in [5, 5.41) is 4.10. The molecule has 82 valence electrons. The van der Waals surface area contributed by atoms with Gasteiger partial charge in [0.1, 0.15) is 5.82 Å². The summed E-state index contributed by atoms with van der Waals surface area (Å²) in [6, 6.07) is 5.24. The monoisotopic (exact) mass is 245 g/mol. The van der Waals surface area contributed by atoms with Crippen LogP contribution in [0.3, 0.4) is 0 Å². The molecule has 1 nitrogen and oxygen atoms in total. The molecule has 4 heteroatoms. The van der Waals surface area contributed by atoms with E-state index in [2.05, 4.69) is 12.2 Å². The SMILES string of the molecule is CCC1CSC(c2cc(F)cc(Cl)c2)N1. The number of hydrogen-bond donors (Lipinski definition) is 1. The Labute approximate surface area is 98.4 Å². The van der Waals surface area contributed by atoms with Crippen LogP contribution in [-0.4, -0.2) is 11.8 Å². The summed E-state index contributed by atoms with van der Waals surface area (Å²) in [5.41, 5.74) is 0.931. The van der Waals surface area contributed by atoms with E-state index < -0.39 is 0 Å². The maximum absolute atomic E-state index is 13.1. The van der Waals surface area contributed by atoms with Crippen LogP contribution >= 0.6 is 23.4 Å². The minimum absolute atomic E-state index is 0.183. The molecule has 0 amide bonds. The average Bonchev–Trinajstić information content (AvgIpc) is 2.64. The fourth-order valence-electron chi connectivity index (χ4n) is 1.68. The van der Waals surface area contributed by atoms with Crippen molar-refractivity contribution in [1.82, 2.24) is 5.32 Å². The van der Waals surface area contributed by atoms with E-state index in [1.807, 2.05) is 17.8 Å². The molecule has 1 heterocycles. The number of thioether (sulfide) groups is 1. The third-order valence-corrected chi connectivity index (χ3v) is 4.09. The Balaban J connectivity index is 2.16. The van der Waals surface area contributed by atoms with Crippen LogP contribution in [0.4, 0.5) is 4.39 Å². The summed E-state index contributed by atoms with van der Waals surface area (Å²) in [5.74, 6) is 0.815. The van der Waals surface area contributed by atoms with Gasteiger partial charge >= 0.3 is 0 Å². The van der Waals surface area contributed by atoms with Crippen molar-refractivity contribution in [3.8, 4) is 0 Å². The van der Waals surface area contributed by atoms with E-state index in [1.54, 1.807) is 6.07 Å². The summed E-state index contributed by atoms with van der Waals surface area (Å²) in [6.45, 7) is 2.15. The first-order chi connectivity index (χ1) is 7.19. The highest BCUT2D eigenvalue weighted by atomic mass is 35.5. The minimum atomic E-state index is -0.264. The highest BCUT2D eigenvalue weighted by Crippen LogP contribution is 2.34. The van der Waals surface area contributed by atoms with Gasteiger partial charge in [-0.3, -0.25) is 5.32 Å². The van der Waals surface area contributed by atoms with E-state index in [-0.39, 0.29) is 11.2 Å². The Bertz CT molecular complexity index is 338. The molecule has 1 aliphatic rings. The lowest BCUT2D eigenvalue weighted by Crippen LogP contribution is -2.24. The van der Waals surface area contributed by atoms with Crippen LogP contribution in [-0.2, 0) is 0 Å². The Kier molecular flexibility index (Phi) is 3.54. The topological polar surface area (TPSA) is 12.0 Å². The van der Waals surface area contributed by atoms with Crippen molar-refractivity contribution in [3.05, 3.63) is 34.6 Å². The highest BCUT2D eigenvalue weighted by molar-refractivity contribution is 7.99. The van der Waals surface area contributed by atoms with Crippen LogP contribution in [0.1, 0.15) is 24.3 Å². The van der Waals surface area contributed by atoms with Gasteiger partial charge in [-0.15, -0.1) is 11.8 Å². The van der Waals surface area contributed by atoms with Gasteiger partial charge in [-0.05, 0) is 30.2 Å². The largest absolute Gasteiger partial charge is 0.298 e. The highest BCUT2D eigenvalue weighted by Gasteiger charge is 2.24. The molecule has 1 aliphatic heterocycles. The average molecular weight is 246 g/mol. The standard InChI is InChI=1S/C11H13ClFNS/c1-2-10-6-15-11(14-10)7-3-8(12)5-9(13)4-7/h3-5,10-11,14H,2,6H2,1H3. The lowest BCUT2D eigenvalue weighted by atomic mass is 10.2. The Morgan fingerprint density at radius 1 is 1.53 bits per heavy atom. The molecule has 2 atom stereocenters. The van der Waals surface area contributed by atoms with E-state index in [0.717, 1.165) is 17.7 Å². The predicted molar refractivity (Wildman–Crippen MR) is 63.8 cm³/mol. The smallest absolute Gasteiger partial charge is 0.125 e. The molecule has 0 saturated carbocycles. The van der Waals surface area contributed by atoms with E-state index in [4.69, 9.17) is 11.6 Å². The van der Waals surface area contributed by atoms with E-state index in [9.17, 15) is 4.39 Å². The molecule has 1 saturated heterocycles. The molecule has 0 aliphatic carbocycles. The van der Waals surface area contributed by atoms with Gasteiger partial charge in [0.25, 0.3) is 0 Å². The van der Waals surface area contributed by atoms with Gasteiger partial charge in [-0.25, -0.2) is 4.39 Å². The lowest BCUT2D eigenvalue weighted by molar-refractivity contribution is 0.558. The summed E-state index contributed by atoms with van der Waals surface area (Å²) in [6.07, 6.45) is 1.10.